The maximum atomic E-state index is 4.46. The highest BCUT2D eigenvalue weighted by atomic mass is 14.9. The predicted octanol–water partition coefficient (Wildman–Crippen LogP) is 5.67. The minimum Gasteiger partial charge on any atom is -0.241 e. The van der Waals surface area contributed by atoms with Crippen molar-refractivity contribution in [2.45, 2.75) is 90.4 Å². The van der Waals surface area contributed by atoms with E-state index in [1.54, 1.807) is 0 Å². The van der Waals surface area contributed by atoms with Crippen LogP contribution in [-0.2, 0) is 6.42 Å². The van der Waals surface area contributed by atoms with Crippen molar-refractivity contribution in [3.05, 3.63) is 23.8 Å². The second-order valence-electron chi connectivity index (χ2n) is 6.71. The van der Waals surface area contributed by atoms with Crippen molar-refractivity contribution in [2.75, 3.05) is 0 Å². The Morgan fingerprint density at radius 1 is 0.905 bits per heavy atom. The third-order valence-corrected chi connectivity index (χ3v) is 5.08. The highest BCUT2D eigenvalue weighted by molar-refractivity contribution is 5.12. The van der Waals surface area contributed by atoms with Crippen molar-refractivity contribution in [3.8, 4) is 0 Å². The number of unbranched alkanes of at least 4 members (excludes halogenated alkanes) is 4. The fourth-order valence-electron chi connectivity index (χ4n) is 3.58. The van der Waals surface area contributed by atoms with Gasteiger partial charge in [0.05, 0.1) is 0 Å². The molecule has 0 aliphatic heterocycles. The van der Waals surface area contributed by atoms with Gasteiger partial charge in [-0.2, -0.15) is 0 Å². The van der Waals surface area contributed by atoms with E-state index < -0.39 is 0 Å². The Kier molecular flexibility index (Phi) is 7.18. The van der Waals surface area contributed by atoms with E-state index in [-0.39, 0.29) is 0 Å². The Morgan fingerprint density at radius 3 is 2.19 bits per heavy atom. The summed E-state index contributed by atoms with van der Waals surface area (Å²) in [6, 6.07) is 0. The SMILES string of the molecule is CCCCCCC[C@H]1CC[C@H](c2cnc(CC)nc2)CC1. The fourth-order valence-corrected chi connectivity index (χ4v) is 3.58. The van der Waals surface area contributed by atoms with Crippen LogP contribution in [0.15, 0.2) is 12.4 Å². The number of hydrogen-bond acceptors (Lipinski definition) is 2. The summed E-state index contributed by atoms with van der Waals surface area (Å²) in [5.74, 6) is 2.67. The molecule has 0 aromatic carbocycles. The van der Waals surface area contributed by atoms with Crippen LogP contribution in [0.3, 0.4) is 0 Å². The quantitative estimate of drug-likeness (QED) is 0.576. The van der Waals surface area contributed by atoms with Crippen molar-refractivity contribution in [3.63, 3.8) is 0 Å². The maximum Gasteiger partial charge on any atom is 0.127 e. The van der Waals surface area contributed by atoms with Crippen molar-refractivity contribution >= 4 is 0 Å². The molecule has 0 N–H and O–H groups in total. The average molecular weight is 288 g/mol. The molecule has 0 unspecified atom stereocenters. The fraction of sp³-hybridized carbons (Fsp3) is 0.789. The summed E-state index contributed by atoms with van der Waals surface area (Å²) in [5.41, 5.74) is 1.37. The first-order valence-corrected chi connectivity index (χ1v) is 9.14. The van der Waals surface area contributed by atoms with Gasteiger partial charge >= 0.3 is 0 Å². The Labute approximate surface area is 130 Å². The molecular weight excluding hydrogens is 256 g/mol. The molecule has 21 heavy (non-hydrogen) atoms. The molecule has 1 aromatic heterocycles. The summed E-state index contributed by atoms with van der Waals surface area (Å²) in [4.78, 5) is 8.92. The molecule has 1 saturated carbocycles. The zero-order valence-corrected chi connectivity index (χ0v) is 14.0. The van der Waals surface area contributed by atoms with E-state index in [1.807, 2.05) is 0 Å². The maximum absolute atomic E-state index is 4.46. The van der Waals surface area contributed by atoms with Gasteiger partial charge in [0.1, 0.15) is 5.82 Å². The molecular formula is C19H32N2. The number of nitrogens with zero attached hydrogens (tertiary/aromatic N) is 2. The number of hydrogen-bond donors (Lipinski definition) is 0. The molecule has 1 aliphatic rings. The van der Waals surface area contributed by atoms with E-state index in [2.05, 4.69) is 36.2 Å². The molecule has 1 aliphatic carbocycles. The largest absolute Gasteiger partial charge is 0.241 e. The van der Waals surface area contributed by atoms with E-state index in [0.29, 0.717) is 5.92 Å². The molecule has 0 radical (unpaired) electrons. The minimum absolute atomic E-state index is 0.715. The number of aromatic nitrogens is 2. The van der Waals surface area contributed by atoms with Gasteiger partial charge in [-0.25, -0.2) is 9.97 Å². The molecule has 0 atom stereocenters. The molecule has 2 rings (SSSR count). The van der Waals surface area contributed by atoms with Crippen LogP contribution in [0, 0.1) is 5.92 Å². The molecule has 0 bridgehead atoms. The molecule has 0 saturated heterocycles. The van der Waals surface area contributed by atoms with Crippen LogP contribution in [0.25, 0.3) is 0 Å². The second-order valence-corrected chi connectivity index (χ2v) is 6.71. The number of rotatable bonds is 8. The molecule has 2 nitrogen and oxygen atoms in total. The smallest absolute Gasteiger partial charge is 0.127 e. The Bertz CT molecular complexity index is 377. The topological polar surface area (TPSA) is 25.8 Å². The monoisotopic (exact) mass is 288 g/mol. The van der Waals surface area contributed by atoms with E-state index in [1.165, 1.54) is 69.8 Å². The van der Waals surface area contributed by atoms with Crippen LogP contribution >= 0.6 is 0 Å². The normalized spacial score (nSPS) is 22.4. The van der Waals surface area contributed by atoms with Crippen LogP contribution in [0.2, 0.25) is 0 Å². The van der Waals surface area contributed by atoms with Gasteiger partial charge < -0.3 is 0 Å². The lowest BCUT2D eigenvalue weighted by atomic mass is 9.77. The lowest BCUT2D eigenvalue weighted by Gasteiger charge is -2.28. The van der Waals surface area contributed by atoms with Crippen molar-refractivity contribution in [1.82, 2.24) is 9.97 Å². The minimum atomic E-state index is 0.715. The van der Waals surface area contributed by atoms with E-state index in [4.69, 9.17) is 0 Å². The summed E-state index contributed by atoms with van der Waals surface area (Å²) < 4.78 is 0. The third-order valence-electron chi connectivity index (χ3n) is 5.08. The average Bonchev–Trinajstić information content (AvgIpc) is 2.55. The molecule has 0 spiro atoms. The van der Waals surface area contributed by atoms with Crippen LogP contribution in [0.5, 0.6) is 0 Å². The molecule has 1 fully saturated rings. The molecule has 0 amide bonds. The summed E-state index contributed by atoms with van der Waals surface area (Å²) in [7, 11) is 0. The predicted molar refractivity (Wildman–Crippen MR) is 89.5 cm³/mol. The third kappa shape index (κ3) is 5.41. The van der Waals surface area contributed by atoms with Crippen LogP contribution in [0.4, 0.5) is 0 Å². The Balaban J connectivity index is 1.67. The van der Waals surface area contributed by atoms with Gasteiger partial charge in [0.25, 0.3) is 0 Å². The standard InChI is InChI=1S/C19H32N2/c1-3-5-6-7-8-9-16-10-12-17(13-11-16)18-14-20-19(4-2)21-15-18/h14-17H,3-13H2,1-2H3/t16-,17-. The zero-order valence-electron chi connectivity index (χ0n) is 14.0. The number of aryl methyl sites for hydroxylation is 1. The van der Waals surface area contributed by atoms with Gasteiger partial charge in [0.2, 0.25) is 0 Å². The van der Waals surface area contributed by atoms with Crippen molar-refractivity contribution < 1.29 is 0 Å². The van der Waals surface area contributed by atoms with Crippen LogP contribution in [0.1, 0.15) is 95.4 Å². The lowest BCUT2D eigenvalue weighted by molar-refractivity contribution is 0.301. The molecule has 118 valence electrons. The van der Waals surface area contributed by atoms with Gasteiger partial charge in [-0.1, -0.05) is 52.4 Å². The summed E-state index contributed by atoms with van der Waals surface area (Å²) in [6.07, 6.45) is 19.1. The summed E-state index contributed by atoms with van der Waals surface area (Å²) >= 11 is 0. The molecule has 1 heterocycles. The molecule has 1 aromatic rings. The van der Waals surface area contributed by atoms with E-state index in [0.717, 1.165) is 18.2 Å². The molecule has 2 heteroatoms. The van der Waals surface area contributed by atoms with Gasteiger partial charge in [0.15, 0.2) is 0 Å². The van der Waals surface area contributed by atoms with E-state index in [9.17, 15) is 0 Å². The van der Waals surface area contributed by atoms with Gasteiger partial charge in [-0.15, -0.1) is 0 Å². The highest BCUT2D eigenvalue weighted by Crippen LogP contribution is 2.37. The Morgan fingerprint density at radius 2 is 1.57 bits per heavy atom. The van der Waals surface area contributed by atoms with Gasteiger partial charge in [-0.3, -0.25) is 0 Å². The summed E-state index contributed by atoms with van der Waals surface area (Å²) in [5, 5.41) is 0. The highest BCUT2D eigenvalue weighted by Gasteiger charge is 2.22. The Hall–Kier alpha value is -0.920. The van der Waals surface area contributed by atoms with Crippen LogP contribution < -0.4 is 0 Å². The van der Waals surface area contributed by atoms with Gasteiger partial charge in [0, 0.05) is 18.8 Å². The van der Waals surface area contributed by atoms with E-state index >= 15 is 0 Å². The first kappa shape index (κ1) is 16.5. The first-order chi connectivity index (χ1) is 10.3. The summed E-state index contributed by atoms with van der Waals surface area (Å²) in [6.45, 7) is 4.40. The van der Waals surface area contributed by atoms with Gasteiger partial charge in [-0.05, 0) is 43.1 Å². The zero-order chi connectivity index (χ0) is 14.9. The van der Waals surface area contributed by atoms with Crippen molar-refractivity contribution in [1.29, 1.82) is 0 Å². The second kappa shape index (κ2) is 9.17. The first-order valence-electron chi connectivity index (χ1n) is 9.14. The lowest BCUT2D eigenvalue weighted by Crippen LogP contribution is -2.14. The van der Waals surface area contributed by atoms with Crippen molar-refractivity contribution in [2.24, 2.45) is 5.92 Å². The van der Waals surface area contributed by atoms with Crippen LogP contribution in [-0.4, -0.2) is 9.97 Å².